The number of hydrogen-bond donors (Lipinski definition) is 0. The third-order valence-corrected chi connectivity index (χ3v) is 4.19. The van der Waals surface area contributed by atoms with Gasteiger partial charge in [-0.1, -0.05) is 24.3 Å². The number of carbonyl (C=O) groups excluding carboxylic acids is 1. The molecule has 1 aromatic rings. The van der Waals surface area contributed by atoms with Gasteiger partial charge in [0.25, 0.3) is 0 Å². The molecule has 2 aliphatic rings. The van der Waals surface area contributed by atoms with Gasteiger partial charge < -0.3 is 9.64 Å². The van der Waals surface area contributed by atoms with Crippen LogP contribution in [0.25, 0.3) is 0 Å². The summed E-state index contributed by atoms with van der Waals surface area (Å²) in [5, 5.41) is 0. The quantitative estimate of drug-likeness (QED) is 0.796. The molecule has 4 nitrogen and oxygen atoms in total. The summed E-state index contributed by atoms with van der Waals surface area (Å²) >= 11 is 0. The van der Waals surface area contributed by atoms with Crippen LogP contribution in [0.3, 0.4) is 0 Å². The zero-order valence-electron chi connectivity index (χ0n) is 13.1. The molecule has 2 heterocycles. The van der Waals surface area contributed by atoms with Crippen molar-refractivity contribution in [3.63, 3.8) is 0 Å². The first-order valence-electron chi connectivity index (χ1n) is 7.71. The van der Waals surface area contributed by atoms with Gasteiger partial charge in [-0.15, -0.1) is 0 Å². The van der Waals surface area contributed by atoms with Gasteiger partial charge in [-0.3, -0.25) is 4.90 Å². The lowest BCUT2D eigenvalue weighted by atomic mass is 9.97. The summed E-state index contributed by atoms with van der Waals surface area (Å²) in [5.74, 6) is 0. The van der Waals surface area contributed by atoms with Crippen LogP contribution >= 0.6 is 0 Å². The van der Waals surface area contributed by atoms with Crippen LogP contribution in [-0.2, 0) is 17.7 Å². The van der Waals surface area contributed by atoms with Crippen LogP contribution in [-0.4, -0.2) is 47.2 Å². The lowest BCUT2D eigenvalue weighted by molar-refractivity contribution is -0.0180. The third kappa shape index (κ3) is 3.21. The summed E-state index contributed by atoms with van der Waals surface area (Å²) in [6, 6.07) is 9.13. The zero-order chi connectivity index (χ0) is 15.0. The van der Waals surface area contributed by atoms with Crippen LogP contribution < -0.4 is 0 Å². The van der Waals surface area contributed by atoms with Crippen LogP contribution in [0.4, 0.5) is 4.79 Å². The highest BCUT2D eigenvalue weighted by Crippen LogP contribution is 2.25. The predicted octanol–water partition coefficient (Wildman–Crippen LogP) is 2.66. The number of nitrogens with zero attached hydrogens (tertiary/aromatic N) is 2. The largest absolute Gasteiger partial charge is 0.444 e. The Morgan fingerprint density at radius 2 is 1.86 bits per heavy atom. The minimum absolute atomic E-state index is 0.184. The third-order valence-electron chi connectivity index (χ3n) is 4.19. The molecular formula is C17H24N2O2. The van der Waals surface area contributed by atoms with Gasteiger partial charge in [0.2, 0.25) is 0 Å². The first kappa shape index (κ1) is 14.4. The van der Waals surface area contributed by atoms with E-state index in [2.05, 4.69) is 29.2 Å². The van der Waals surface area contributed by atoms with Crippen molar-refractivity contribution in [3.05, 3.63) is 35.4 Å². The van der Waals surface area contributed by atoms with Crippen LogP contribution in [0.1, 0.15) is 31.9 Å². The van der Waals surface area contributed by atoms with Crippen molar-refractivity contribution >= 4 is 6.09 Å². The second kappa shape index (κ2) is 5.34. The first-order valence-corrected chi connectivity index (χ1v) is 7.71. The highest BCUT2D eigenvalue weighted by atomic mass is 16.6. The van der Waals surface area contributed by atoms with Crippen molar-refractivity contribution in [2.24, 2.45) is 0 Å². The molecule has 0 N–H and O–H groups in total. The normalized spacial score (nSPS) is 19.9. The number of amides is 1. The molecule has 1 fully saturated rings. The molecule has 4 heteroatoms. The number of likely N-dealkylation sites (tertiary alicyclic amines) is 1. The average molecular weight is 288 g/mol. The Balaban J connectivity index is 1.52. The Morgan fingerprint density at radius 1 is 1.19 bits per heavy atom. The standard InChI is InChI=1S/C17H24N2O2/c1-17(2,3)21-16(20)19-11-15(12-19)18-9-8-13-6-4-5-7-14(13)10-18/h4-7,15H,8-12H2,1-3H3. The molecule has 3 rings (SSSR count). The number of carbonyl (C=O) groups is 1. The van der Waals surface area contributed by atoms with Crippen LogP contribution in [0.5, 0.6) is 0 Å². The number of ether oxygens (including phenoxy) is 1. The Hall–Kier alpha value is -1.55. The Bertz CT molecular complexity index is 530. The lowest BCUT2D eigenvalue weighted by Crippen LogP contribution is -2.62. The van der Waals surface area contributed by atoms with Gasteiger partial charge in [-0.05, 0) is 38.3 Å². The Kier molecular flexibility index (Phi) is 3.66. The summed E-state index contributed by atoms with van der Waals surface area (Å²) in [6.45, 7) is 9.39. The SMILES string of the molecule is CC(C)(C)OC(=O)N1CC(N2CCc3ccccc3C2)C1. The van der Waals surface area contributed by atoms with Gasteiger partial charge in [0, 0.05) is 32.2 Å². The molecule has 0 unspecified atom stereocenters. The topological polar surface area (TPSA) is 32.8 Å². The molecule has 0 bridgehead atoms. The molecule has 21 heavy (non-hydrogen) atoms. The lowest BCUT2D eigenvalue weighted by Gasteiger charge is -2.46. The zero-order valence-corrected chi connectivity index (χ0v) is 13.1. The molecule has 0 spiro atoms. The fourth-order valence-corrected chi connectivity index (χ4v) is 2.99. The van der Waals surface area contributed by atoms with Crippen molar-refractivity contribution in [1.82, 2.24) is 9.80 Å². The van der Waals surface area contributed by atoms with Gasteiger partial charge in [0.1, 0.15) is 5.60 Å². The van der Waals surface area contributed by atoms with E-state index in [1.807, 2.05) is 20.8 Å². The van der Waals surface area contributed by atoms with Gasteiger partial charge in [-0.25, -0.2) is 4.79 Å². The van der Waals surface area contributed by atoms with E-state index in [0.29, 0.717) is 6.04 Å². The van der Waals surface area contributed by atoms with Crippen LogP contribution in [0, 0.1) is 0 Å². The van der Waals surface area contributed by atoms with Crippen molar-refractivity contribution in [1.29, 1.82) is 0 Å². The first-order chi connectivity index (χ1) is 9.92. The highest BCUT2D eigenvalue weighted by Gasteiger charge is 2.37. The summed E-state index contributed by atoms with van der Waals surface area (Å²) in [6.07, 6.45) is 0.926. The van der Waals surface area contributed by atoms with E-state index in [9.17, 15) is 4.79 Å². The van der Waals surface area contributed by atoms with Crippen molar-refractivity contribution in [2.75, 3.05) is 19.6 Å². The van der Waals surface area contributed by atoms with E-state index >= 15 is 0 Å². The maximum absolute atomic E-state index is 12.0. The molecule has 0 aromatic heterocycles. The molecular weight excluding hydrogens is 264 g/mol. The second-order valence-electron chi connectivity index (χ2n) is 7.03. The van der Waals surface area contributed by atoms with E-state index in [0.717, 1.165) is 32.6 Å². The second-order valence-corrected chi connectivity index (χ2v) is 7.03. The summed E-state index contributed by atoms with van der Waals surface area (Å²) < 4.78 is 5.40. The van der Waals surface area contributed by atoms with Crippen molar-refractivity contribution in [3.8, 4) is 0 Å². The molecule has 0 radical (unpaired) electrons. The molecule has 1 aromatic carbocycles. The smallest absolute Gasteiger partial charge is 0.410 e. The van der Waals surface area contributed by atoms with E-state index in [1.165, 1.54) is 11.1 Å². The predicted molar refractivity (Wildman–Crippen MR) is 82.2 cm³/mol. The Labute approximate surface area is 126 Å². The minimum atomic E-state index is -0.410. The number of hydrogen-bond acceptors (Lipinski definition) is 3. The molecule has 0 aliphatic carbocycles. The number of rotatable bonds is 1. The fraction of sp³-hybridized carbons (Fsp3) is 0.588. The summed E-state index contributed by atoms with van der Waals surface area (Å²) in [4.78, 5) is 16.2. The molecule has 1 saturated heterocycles. The van der Waals surface area contributed by atoms with Gasteiger partial charge in [0.05, 0.1) is 0 Å². The molecule has 114 valence electrons. The maximum atomic E-state index is 12.0. The van der Waals surface area contributed by atoms with Crippen LogP contribution in [0.15, 0.2) is 24.3 Å². The van der Waals surface area contributed by atoms with Crippen LogP contribution in [0.2, 0.25) is 0 Å². The fourth-order valence-electron chi connectivity index (χ4n) is 2.99. The van der Waals surface area contributed by atoms with E-state index in [-0.39, 0.29) is 6.09 Å². The minimum Gasteiger partial charge on any atom is -0.444 e. The Morgan fingerprint density at radius 3 is 2.52 bits per heavy atom. The highest BCUT2D eigenvalue weighted by molar-refractivity contribution is 5.69. The molecule has 2 aliphatic heterocycles. The monoisotopic (exact) mass is 288 g/mol. The van der Waals surface area contributed by atoms with Gasteiger partial charge >= 0.3 is 6.09 Å². The van der Waals surface area contributed by atoms with E-state index < -0.39 is 5.60 Å². The molecule has 0 atom stereocenters. The van der Waals surface area contributed by atoms with E-state index in [1.54, 1.807) is 4.90 Å². The van der Waals surface area contributed by atoms with Crippen molar-refractivity contribution in [2.45, 2.75) is 45.4 Å². The van der Waals surface area contributed by atoms with E-state index in [4.69, 9.17) is 4.74 Å². The maximum Gasteiger partial charge on any atom is 0.410 e. The number of benzene rings is 1. The van der Waals surface area contributed by atoms with Crippen molar-refractivity contribution < 1.29 is 9.53 Å². The van der Waals surface area contributed by atoms with Gasteiger partial charge in [0.15, 0.2) is 0 Å². The summed E-state index contributed by atoms with van der Waals surface area (Å²) in [7, 11) is 0. The summed E-state index contributed by atoms with van der Waals surface area (Å²) in [5.41, 5.74) is 2.49. The average Bonchev–Trinajstić information content (AvgIpc) is 2.34. The van der Waals surface area contributed by atoms with Gasteiger partial charge in [-0.2, -0.15) is 0 Å². The molecule has 0 saturated carbocycles. The number of fused-ring (bicyclic) bond motifs is 1. The molecule has 1 amide bonds.